The fraction of sp³-hybridized carbons (Fsp3) is 0.300. The summed E-state index contributed by atoms with van der Waals surface area (Å²) >= 11 is 0. The fourth-order valence-corrected chi connectivity index (χ4v) is 1.17. The fourth-order valence-electron chi connectivity index (χ4n) is 1.17. The lowest BCUT2D eigenvalue weighted by atomic mass is 10.1. The van der Waals surface area contributed by atoms with E-state index >= 15 is 0 Å². The van der Waals surface area contributed by atoms with Gasteiger partial charge in [0.2, 0.25) is 0 Å². The molecule has 1 heterocycles. The molecule has 1 aliphatic rings. The number of hydrogen-bond acceptors (Lipinski definition) is 4. The first kappa shape index (κ1) is 9.46. The molecule has 1 aromatic heterocycles. The molecular weight excluding hydrogens is 196 g/mol. The second-order valence-corrected chi connectivity index (χ2v) is 3.29. The van der Waals surface area contributed by atoms with Gasteiger partial charge in [-0.15, -0.1) is 0 Å². The number of ether oxygens (including phenoxy) is 1. The van der Waals surface area contributed by atoms with Crippen molar-refractivity contribution in [3.63, 3.8) is 0 Å². The lowest BCUT2D eigenvalue weighted by Crippen LogP contribution is -2.05. The second kappa shape index (κ2) is 3.58. The molecule has 0 saturated heterocycles. The number of rotatable bonds is 3. The lowest BCUT2D eigenvalue weighted by Gasteiger charge is -2.06. The number of carboxylic acids is 1. The third-order valence-electron chi connectivity index (χ3n) is 2.07. The highest BCUT2D eigenvalue weighted by atomic mass is 16.5. The van der Waals surface area contributed by atoms with Gasteiger partial charge < -0.3 is 9.84 Å². The van der Waals surface area contributed by atoms with Crippen LogP contribution in [0.15, 0.2) is 12.4 Å². The van der Waals surface area contributed by atoms with Gasteiger partial charge in [0.15, 0.2) is 5.75 Å². The first-order chi connectivity index (χ1) is 7.22. The van der Waals surface area contributed by atoms with E-state index in [-0.39, 0.29) is 23.0 Å². The maximum Gasteiger partial charge on any atom is 0.338 e. The summed E-state index contributed by atoms with van der Waals surface area (Å²) in [4.78, 5) is 14.5. The predicted molar refractivity (Wildman–Crippen MR) is 49.6 cm³/mol. The molecule has 1 aliphatic carbocycles. The Kier molecular flexibility index (Phi) is 2.26. The summed E-state index contributed by atoms with van der Waals surface area (Å²) in [5, 5.41) is 17.7. The Bertz CT molecular complexity index is 446. The van der Waals surface area contributed by atoms with E-state index in [4.69, 9.17) is 15.1 Å². The standard InChI is InChI=1S/C10H8N2O3/c11-3-7-8(10(13)14)4-12-5-9(7)15-6-1-2-6/h4-6H,1-2H2,(H,13,14). The summed E-state index contributed by atoms with van der Waals surface area (Å²) in [6.45, 7) is 0. The smallest absolute Gasteiger partial charge is 0.338 e. The Balaban J connectivity index is 2.40. The minimum Gasteiger partial charge on any atom is -0.487 e. The summed E-state index contributed by atoms with van der Waals surface area (Å²) in [5.41, 5.74) is -0.0694. The van der Waals surface area contributed by atoms with Crippen molar-refractivity contribution >= 4 is 5.97 Å². The Morgan fingerprint density at radius 3 is 2.87 bits per heavy atom. The summed E-state index contributed by atoms with van der Waals surface area (Å²) in [6.07, 6.45) is 4.54. The van der Waals surface area contributed by atoms with Gasteiger partial charge in [0, 0.05) is 6.20 Å². The third kappa shape index (κ3) is 1.89. The molecule has 2 rings (SSSR count). The number of aromatic carboxylic acids is 1. The molecule has 0 amide bonds. The molecule has 1 fully saturated rings. The van der Waals surface area contributed by atoms with Crippen LogP contribution < -0.4 is 4.74 Å². The van der Waals surface area contributed by atoms with Gasteiger partial charge in [-0.2, -0.15) is 5.26 Å². The molecule has 0 aromatic carbocycles. The molecule has 5 heteroatoms. The second-order valence-electron chi connectivity index (χ2n) is 3.29. The van der Waals surface area contributed by atoms with Gasteiger partial charge in [0.1, 0.15) is 11.6 Å². The van der Waals surface area contributed by atoms with Gasteiger partial charge in [-0.05, 0) is 12.8 Å². The highest BCUT2D eigenvalue weighted by molar-refractivity contribution is 5.91. The van der Waals surface area contributed by atoms with Crippen LogP contribution in [0.5, 0.6) is 5.75 Å². The lowest BCUT2D eigenvalue weighted by molar-refractivity contribution is 0.0695. The average Bonchev–Trinajstić information content (AvgIpc) is 3.01. The van der Waals surface area contributed by atoms with Crippen molar-refractivity contribution in [1.29, 1.82) is 5.26 Å². The van der Waals surface area contributed by atoms with Crippen LogP contribution in [0.2, 0.25) is 0 Å². The van der Waals surface area contributed by atoms with Gasteiger partial charge in [0.05, 0.1) is 17.9 Å². The Hall–Kier alpha value is -2.09. The number of nitriles is 1. The van der Waals surface area contributed by atoms with E-state index in [9.17, 15) is 4.79 Å². The maximum absolute atomic E-state index is 10.8. The van der Waals surface area contributed by atoms with E-state index in [1.54, 1.807) is 0 Å². The topological polar surface area (TPSA) is 83.2 Å². The first-order valence-electron chi connectivity index (χ1n) is 4.50. The van der Waals surface area contributed by atoms with Gasteiger partial charge in [-0.1, -0.05) is 0 Å². The van der Waals surface area contributed by atoms with Crippen LogP contribution in [-0.2, 0) is 0 Å². The minimum atomic E-state index is -1.17. The monoisotopic (exact) mass is 204 g/mol. The highest BCUT2D eigenvalue weighted by Crippen LogP contribution is 2.29. The number of aromatic nitrogens is 1. The normalized spacial score (nSPS) is 14.3. The van der Waals surface area contributed by atoms with Crippen LogP contribution in [0.3, 0.4) is 0 Å². The van der Waals surface area contributed by atoms with Gasteiger partial charge in [0.25, 0.3) is 0 Å². The largest absolute Gasteiger partial charge is 0.487 e. The number of carboxylic acid groups (broad SMARTS) is 1. The quantitative estimate of drug-likeness (QED) is 0.799. The zero-order valence-electron chi connectivity index (χ0n) is 7.80. The van der Waals surface area contributed by atoms with E-state index in [2.05, 4.69) is 4.98 Å². The van der Waals surface area contributed by atoms with E-state index in [1.165, 1.54) is 6.20 Å². The molecule has 1 N–H and O–H groups in total. The molecule has 0 atom stereocenters. The SMILES string of the molecule is N#Cc1c(OC2CC2)cncc1C(=O)O. The first-order valence-corrected chi connectivity index (χ1v) is 4.50. The minimum absolute atomic E-state index is 0.0457. The van der Waals surface area contributed by atoms with Crippen LogP contribution >= 0.6 is 0 Å². The molecule has 0 radical (unpaired) electrons. The van der Waals surface area contributed by atoms with Crippen LogP contribution in [0.1, 0.15) is 28.8 Å². The molecule has 5 nitrogen and oxygen atoms in total. The highest BCUT2D eigenvalue weighted by Gasteiger charge is 2.26. The van der Waals surface area contributed by atoms with Crippen molar-refractivity contribution in [1.82, 2.24) is 4.98 Å². The summed E-state index contributed by atoms with van der Waals surface area (Å²) in [5.74, 6) is -0.903. The number of hydrogen-bond donors (Lipinski definition) is 1. The van der Waals surface area contributed by atoms with Crippen molar-refractivity contribution in [2.75, 3.05) is 0 Å². The van der Waals surface area contributed by atoms with E-state index < -0.39 is 5.97 Å². The molecule has 76 valence electrons. The molecule has 0 unspecified atom stereocenters. The molecule has 0 aliphatic heterocycles. The maximum atomic E-state index is 10.8. The molecular formula is C10H8N2O3. The van der Waals surface area contributed by atoms with Crippen molar-refractivity contribution in [3.8, 4) is 11.8 Å². The molecule has 0 bridgehead atoms. The van der Waals surface area contributed by atoms with E-state index in [0.717, 1.165) is 19.0 Å². The van der Waals surface area contributed by atoms with E-state index in [0.29, 0.717) is 0 Å². The predicted octanol–water partition coefficient (Wildman–Crippen LogP) is 1.19. The third-order valence-corrected chi connectivity index (χ3v) is 2.07. The Morgan fingerprint density at radius 1 is 1.60 bits per heavy atom. The zero-order valence-corrected chi connectivity index (χ0v) is 7.80. The van der Waals surface area contributed by atoms with Gasteiger partial charge in [-0.3, -0.25) is 4.98 Å². The Morgan fingerprint density at radius 2 is 2.33 bits per heavy atom. The van der Waals surface area contributed by atoms with Crippen LogP contribution in [-0.4, -0.2) is 22.2 Å². The average molecular weight is 204 g/mol. The van der Waals surface area contributed by atoms with Gasteiger partial charge >= 0.3 is 5.97 Å². The summed E-state index contributed by atoms with van der Waals surface area (Å²) < 4.78 is 5.39. The molecule has 1 aromatic rings. The van der Waals surface area contributed by atoms with E-state index in [1.807, 2.05) is 6.07 Å². The van der Waals surface area contributed by atoms with Crippen molar-refractivity contribution < 1.29 is 14.6 Å². The van der Waals surface area contributed by atoms with Crippen molar-refractivity contribution in [2.45, 2.75) is 18.9 Å². The van der Waals surface area contributed by atoms with Gasteiger partial charge in [-0.25, -0.2) is 4.79 Å². The molecule has 15 heavy (non-hydrogen) atoms. The molecule has 0 spiro atoms. The summed E-state index contributed by atoms with van der Waals surface area (Å²) in [7, 11) is 0. The molecule has 1 saturated carbocycles. The van der Waals surface area contributed by atoms with Crippen LogP contribution in [0.4, 0.5) is 0 Å². The zero-order chi connectivity index (χ0) is 10.8. The summed E-state index contributed by atoms with van der Waals surface area (Å²) in [6, 6.07) is 1.83. The number of carbonyl (C=O) groups is 1. The van der Waals surface area contributed by atoms with Crippen LogP contribution in [0, 0.1) is 11.3 Å². The Labute approximate surface area is 85.9 Å². The van der Waals surface area contributed by atoms with Crippen molar-refractivity contribution in [2.24, 2.45) is 0 Å². The number of nitrogens with zero attached hydrogens (tertiary/aromatic N) is 2. The number of pyridine rings is 1. The van der Waals surface area contributed by atoms with Crippen molar-refractivity contribution in [3.05, 3.63) is 23.5 Å². The van der Waals surface area contributed by atoms with Crippen LogP contribution in [0.25, 0.3) is 0 Å².